The van der Waals surface area contributed by atoms with Gasteiger partial charge in [0, 0.05) is 119 Å². The fourth-order valence-corrected chi connectivity index (χ4v) is 20.8. The molecule has 9 heterocycles. The molecule has 814 valence electrons. The number of carbonyl (C=O) groups is 10. The van der Waals surface area contributed by atoms with E-state index >= 15 is 0 Å². The predicted octanol–water partition coefficient (Wildman–Crippen LogP) is 16.4. The molecule has 3 aromatic rings. The van der Waals surface area contributed by atoms with Crippen LogP contribution in [0.3, 0.4) is 0 Å². The maximum Gasteiger partial charge on any atom is 0.409 e. The molecular formula is C110H157Cl3N8O25S. The minimum absolute atomic E-state index is 0.00507. The van der Waals surface area contributed by atoms with Crippen LogP contribution in [0.15, 0.2) is 120 Å². The standard InChI is InChI=1S/C39H56ClN3O9.C36H50ClN3O9S.C34H47ClN2O7.CH4/c1-22-13-12-14-29(49-11)39(48)21-28(50-36(47)41-39)24(3)34-38(8,52-34)30(51-35(46)25(4)42(9)31(44)15-16-37(5,6)7)20-32(45)43(10)27-19-26(17-22)18-23(2)33(27)40;1-20-11-10-12-27(46-8)36(45)19-26(47-34(44)38-36)22(3)32-35(5,49-32)28(48-33(43)23(4)39(6)29(41)13-14-50-9)18-30(42)40(7)25-17-24(15-20)16-21(2)31(25)37;1-18(2)32(39)43-28-16-29(38)37(9)25-15-24(14-20(4)30(25)35)21(5)19(3)12-11-13-27(41-10)34(40)17-26(42-23(7)36-34)22(6)31-33(28,8)44-31;/h12-14,18-19,24-25,28-30,34,48H,15-17,20-21H2,1-11H3,(H,41,47);10-12,16-17,22-23,26-28,32,45H,13-15,18-19H2,1-9H3,(H,38,44);11-15,18,21-22,26-28,31,36,40H,7,16-17H2,1-6,8-10H3;1H4/b14-12+,22-13+;12-10+,20-11+;13-11+,19-12+;/t24-,25+,28+,29-,30+,34+,38+,39+;22-,23+,26+,27-,28+,32+,35+,36+;21?,22-,26+,27-,28+,31+,33+,34+;/m111./s1/i;;;1D. The molecule has 0 radical (unpaired) electrons. The van der Waals surface area contributed by atoms with Gasteiger partial charge < -0.3 is 102 Å². The maximum absolute atomic E-state index is 14.1. The first-order chi connectivity index (χ1) is 69.1. The zero-order valence-corrected chi connectivity index (χ0v) is 94.0. The van der Waals surface area contributed by atoms with E-state index in [-0.39, 0.29) is 104 Å². The van der Waals surface area contributed by atoms with Gasteiger partial charge in [-0.1, -0.05) is 194 Å². The number of hydrogen-bond acceptors (Lipinski definition) is 27. The van der Waals surface area contributed by atoms with Gasteiger partial charge in [0.05, 0.1) is 75.6 Å². The van der Waals surface area contributed by atoms with Gasteiger partial charge in [0.1, 0.15) is 83.8 Å². The van der Waals surface area contributed by atoms with Gasteiger partial charge in [0.15, 0.2) is 23.1 Å². The smallest absolute Gasteiger partial charge is 0.409 e. The van der Waals surface area contributed by atoms with Gasteiger partial charge in [-0.25, -0.2) is 19.2 Å². The molecule has 0 aromatic heterocycles. The van der Waals surface area contributed by atoms with Gasteiger partial charge >= 0.3 is 30.1 Å². The fourth-order valence-electron chi connectivity index (χ4n) is 19.7. The van der Waals surface area contributed by atoms with Crippen LogP contribution in [0.1, 0.15) is 224 Å². The molecule has 24 atom stereocenters. The van der Waals surface area contributed by atoms with Crippen molar-refractivity contribution < 1.29 is 121 Å². The molecule has 37 heteroatoms. The number of nitrogens with one attached hydrogen (secondary N) is 3. The molecule has 0 aliphatic carbocycles. The predicted molar refractivity (Wildman–Crippen MR) is 567 cm³/mol. The molecule has 12 bridgehead atoms. The Labute approximate surface area is 888 Å². The second-order valence-corrected chi connectivity index (χ2v) is 45.0. The average Bonchev–Trinajstić information content (AvgIpc) is 1.58. The maximum atomic E-state index is 14.1. The third kappa shape index (κ3) is 28.7. The normalized spacial score (nSPS) is 33.3. The molecule has 9 aliphatic rings. The number of anilines is 3. The van der Waals surface area contributed by atoms with E-state index in [0.29, 0.717) is 57.1 Å². The zero-order chi connectivity index (χ0) is 111. The fraction of sp³-hybridized carbons (Fsp3) is 0.618. The number of likely N-dealkylation sites (N-methyl/N-ethyl adjacent to an activating group) is 2. The lowest BCUT2D eigenvalue weighted by molar-refractivity contribution is -0.162. The Morgan fingerprint density at radius 1 is 0.531 bits per heavy atom. The molecular weight excluding hydrogens is 1970 g/mol. The number of alkyl carbamates (subject to hydrolysis) is 2. The van der Waals surface area contributed by atoms with Crippen LogP contribution in [0.5, 0.6) is 0 Å². The Balaban J connectivity index is 0.000000245. The van der Waals surface area contributed by atoms with Crippen LogP contribution in [0.4, 0.5) is 26.7 Å². The topological polar surface area (TPSA) is 404 Å². The highest BCUT2D eigenvalue weighted by Gasteiger charge is 2.68. The summed E-state index contributed by atoms with van der Waals surface area (Å²) in [6, 6.07) is 9.71. The van der Waals surface area contributed by atoms with Crippen LogP contribution in [0, 0.1) is 49.9 Å². The lowest BCUT2D eigenvalue weighted by atomic mass is 9.83. The van der Waals surface area contributed by atoms with Gasteiger partial charge in [-0.15, -0.1) is 0 Å². The summed E-state index contributed by atoms with van der Waals surface area (Å²) in [4.78, 5) is 141. The number of allylic oxidation sites excluding steroid dienone is 9. The monoisotopic (exact) mass is 2130 g/mol. The van der Waals surface area contributed by atoms with Gasteiger partial charge in [0.25, 0.3) is 0 Å². The Morgan fingerprint density at radius 3 is 1.22 bits per heavy atom. The van der Waals surface area contributed by atoms with E-state index < -0.39 is 167 Å². The first-order valence-electron chi connectivity index (χ1n) is 50.8. The zero-order valence-electron chi connectivity index (χ0n) is 91.9. The van der Waals surface area contributed by atoms with Crippen molar-refractivity contribution in [1.29, 1.82) is 0 Å². The number of carbonyl (C=O) groups excluding carboxylic acids is 10. The third-order valence-corrected chi connectivity index (χ3v) is 32.1. The Morgan fingerprint density at radius 2 is 0.864 bits per heavy atom. The van der Waals surface area contributed by atoms with Gasteiger partial charge in [-0.3, -0.25) is 39.4 Å². The molecule has 6 N–H and O–H groups in total. The summed E-state index contributed by atoms with van der Waals surface area (Å²) in [6.07, 6.45) is 8.88. The second-order valence-electron chi connectivity index (χ2n) is 42.8. The molecule has 7 amide bonds. The summed E-state index contributed by atoms with van der Waals surface area (Å²) in [5.41, 5.74) is 1.36. The molecule has 6 saturated heterocycles. The van der Waals surface area contributed by atoms with E-state index in [2.05, 4.69) is 29.5 Å². The number of methoxy groups -OCH3 is 3. The summed E-state index contributed by atoms with van der Waals surface area (Å²) >= 11 is 21.8. The molecule has 1 unspecified atom stereocenters. The number of hydrogen-bond donors (Lipinski definition) is 6. The van der Waals surface area contributed by atoms with E-state index in [1.165, 1.54) is 57.9 Å². The largest absolute Gasteiger partial charge is 0.476 e. The van der Waals surface area contributed by atoms with Crippen LogP contribution >= 0.6 is 46.6 Å². The number of benzene rings is 3. The summed E-state index contributed by atoms with van der Waals surface area (Å²) in [5, 5.41) is 44.5. The number of fused-ring (bicyclic) bond motifs is 15. The van der Waals surface area contributed by atoms with Crippen LogP contribution in [0.25, 0.3) is 0 Å². The lowest BCUT2D eigenvalue weighted by Gasteiger charge is -2.44. The van der Waals surface area contributed by atoms with Crippen molar-refractivity contribution >= 4 is 123 Å². The van der Waals surface area contributed by atoms with Crippen molar-refractivity contribution in [2.75, 3.05) is 83.3 Å². The van der Waals surface area contributed by atoms with E-state index in [1.54, 1.807) is 108 Å². The van der Waals surface area contributed by atoms with E-state index in [1.807, 2.05) is 163 Å². The summed E-state index contributed by atoms with van der Waals surface area (Å²) < 4.78 is 77.1. The number of thioether (sulfide) groups is 1. The van der Waals surface area contributed by atoms with Crippen molar-refractivity contribution in [3.63, 3.8) is 0 Å². The second kappa shape index (κ2) is 49.4. The van der Waals surface area contributed by atoms with Crippen LogP contribution in [-0.4, -0.2) is 273 Å². The van der Waals surface area contributed by atoms with Gasteiger partial charge in [0.2, 0.25) is 29.5 Å². The SMILES string of the molecule is C=C1N[C@]2(O)C[C@H](O1)[C@@H](C)[C@@H]1O[C@@]1(C)[C@@H](OC(=O)C(C)C)CC(=O)N(C)c1cc(cc(C)c1Cl)C(C)/C(C)=C/C=C/[C@H]2OC.CO[C@@H]1/C=C/C=C(\C)Cc2cc(C)c(Cl)c(c2)N(C)C(=O)C[C@H](OC(=O)[C@H](C)N(C)C(=O)CCC(C)(C)C)[C@]2(C)O[C@H]2[C@H](C)[C@@H]2C[C@@]1(O)NC(=O)O2.CO[C@@H]1/C=C/C=C(\C)Cc2cc(C)c(Cl)c(c2)N(C)C(=O)C[C@H](OC(=O)[C@H](C)N(C)C(=O)CCSC)[C@]2(C)O[C@H]2[C@H](C)[C@@H]2C[C@@]1(O)NC(=O)O2.[2H]C. The van der Waals surface area contributed by atoms with E-state index in [4.69, 9.17) is 93.0 Å². The minimum atomic E-state index is -1.80. The first-order valence-corrected chi connectivity index (χ1v) is 52.3. The summed E-state index contributed by atoms with van der Waals surface area (Å²) in [7, 11) is 13.7. The Hall–Kier alpha value is -9.40. The lowest BCUT2D eigenvalue weighted by Crippen LogP contribution is -2.63. The first kappa shape index (κ1) is 119. The minimum Gasteiger partial charge on any atom is -0.476 e. The van der Waals surface area contributed by atoms with Crippen molar-refractivity contribution in [3.8, 4) is 0 Å². The average molecular weight is 2130 g/mol. The van der Waals surface area contributed by atoms with E-state index in [9.17, 15) is 63.3 Å². The van der Waals surface area contributed by atoms with Crippen molar-refractivity contribution in [1.82, 2.24) is 25.8 Å². The number of esters is 3. The number of halogens is 3. The van der Waals surface area contributed by atoms with Crippen LogP contribution in [0.2, 0.25) is 15.1 Å². The van der Waals surface area contributed by atoms with E-state index in [0.717, 1.165) is 50.1 Å². The number of amides is 7. The number of aliphatic hydroxyl groups is 3. The summed E-state index contributed by atoms with van der Waals surface area (Å²) in [5.74, 6) is -4.07. The summed E-state index contributed by atoms with van der Waals surface area (Å²) in [6.45, 7) is 41.3. The molecule has 12 rings (SSSR count). The Bertz CT molecular complexity index is 5560. The third-order valence-electron chi connectivity index (χ3n) is 30.0. The molecule has 0 spiro atoms. The quantitative estimate of drug-likeness (QED) is 0.0441. The molecule has 9 aliphatic heterocycles. The molecule has 6 fully saturated rings. The molecule has 3 aromatic carbocycles. The molecule has 147 heavy (non-hydrogen) atoms. The van der Waals surface area contributed by atoms with Crippen molar-refractivity contribution in [2.24, 2.45) is 29.1 Å². The van der Waals surface area contributed by atoms with Crippen molar-refractivity contribution in [3.05, 3.63) is 169 Å². The van der Waals surface area contributed by atoms with Gasteiger partial charge in [-0.05, 0) is 165 Å². The number of aryl methyl sites for hydroxylation is 3. The highest BCUT2D eigenvalue weighted by molar-refractivity contribution is 7.98. The van der Waals surface area contributed by atoms with Crippen LogP contribution < -0.4 is 30.7 Å². The molecule has 0 saturated carbocycles. The number of nitrogens with zero attached hydrogens (tertiary/aromatic N) is 5. The number of ether oxygens (including phenoxy) is 12. The highest BCUT2D eigenvalue weighted by Crippen LogP contribution is 2.54. The van der Waals surface area contributed by atoms with Gasteiger partial charge in [-0.2, -0.15) is 11.8 Å². The van der Waals surface area contributed by atoms with Crippen molar-refractivity contribution in [2.45, 2.75) is 342 Å². The highest BCUT2D eigenvalue weighted by atomic mass is 35.5. The van der Waals surface area contributed by atoms with Crippen LogP contribution in [-0.2, 0) is 108 Å². The number of rotatable bonds is 16. The Kier molecular flexibility index (Phi) is 40.1. The number of epoxide rings is 3. The molecule has 33 nitrogen and oxygen atoms in total.